The molecule has 1 saturated carbocycles. The van der Waals surface area contributed by atoms with Crippen LogP contribution < -0.4 is 0 Å². The zero-order chi connectivity index (χ0) is 17.2. The van der Waals surface area contributed by atoms with Crippen LogP contribution in [0.3, 0.4) is 0 Å². The minimum atomic E-state index is -0.111. The first-order chi connectivity index (χ1) is 12.3. The number of thiazole rings is 1. The van der Waals surface area contributed by atoms with E-state index in [-0.39, 0.29) is 12.0 Å². The Kier molecular flexibility index (Phi) is 4.86. The number of fused-ring (bicyclic) bond motifs is 1. The van der Waals surface area contributed by atoms with Gasteiger partial charge in [0.25, 0.3) is 0 Å². The summed E-state index contributed by atoms with van der Waals surface area (Å²) in [5.41, 5.74) is 2.21. The van der Waals surface area contributed by atoms with Crippen LogP contribution in [0.25, 0.3) is 10.6 Å². The van der Waals surface area contributed by atoms with Gasteiger partial charge < -0.3 is 4.74 Å². The summed E-state index contributed by atoms with van der Waals surface area (Å²) in [6, 6.07) is 10.7. The van der Waals surface area contributed by atoms with E-state index in [1.54, 1.807) is 11.3 Å². The Morgan fingerprint density at radius 3 is 2.88 bits per heavy atom. The van der Waals surface area contributed by atoms with Gasteiger partial charge in [-0.25, -0.2) is 4.98 Å². The SMILES string of the molecule is COC(=O)C1CC2CCCCC2N1Cc1csc(-c2ccccc2)n1. The number of carbonyl (C=O) groups is 1. The second kappa shape index (κ2) is 7.26. The number of ether oxygens (including phenoxy) is 1. The molecule has 0 amide bonds. The van der Waals surface area contributed by atoms with E-state index < -0.39 is 0 Å². The lowest BCUT2D eigenvalue weighted by Gasteiger charge is -2.32. The Morgan fingerprint density at radius 2 is 2.08 bits per heavy atom. The number of carbonyl (C=O) groups excluding carboxylic acids is 1. The van der Waals surface area contributed by atoms with E-state index in [1.165, 1.54) is 32.8 Å². The molecule has 3 unspecified atom stereocenters. The van der Waals surface area contributed by atoms with Crippen molar-refractivity contribution in [1.29, 1.82) is 0 Å². The summed E-state index contributed by atoms with van der Waals surface area (Å²) >= 11 is 1.68. The molecule has 3 atom stereocenters. The number of esters is 1. The van der Waals surface area contributed by atoms with E-state index in [2.05, 4.69) is 22.4 Å². The fraction of sp³-hybridized carbons (Fsp3) is 0.500. The normalized spacial score (nSPS) is 26.4. The van der Waals surface area contributed by atoms with Gasteiger partial charge in [-0.05, 0) is 25.2 Å². The monoisotopic (exact) mass is 356 g/mol. The summed E-state index contributed by atoms with van der Waals surface area (Å²) in [5, 5.41) is 3.18. The average molecular weight is 356 g/mol. The third kappa shape index (κ3) is 3.35. The van der Waals surface area contributed by atoms with E-state index in [9.17, 15) is 4.79 Å². The van der Waals surface area contributed by atoms with Crippen LogP contribution in [-0.2, 0) is 16.1 Å². The number of hydrogen-bond acceptors (Lipinski definition) is 5. The molecule has 0 bridgehead atoms. The maximum absolute atomic E-state index is 12.3. The lowest BCUT2D eigenvalue weighted by atomic mass is 9.85. The molecule has 0 radical (unpaired) electrons. The Balaban J connectivity index is 1.55. The van der Waals surface area contributed by atoms with Crippen molar-refractivity contribution in [1.82, 2.24) is 9.88 Å². The predicted molar refractivity (Wildman–Crippen MR) is 99.3 cm³/mol. The first-order valence-electron chi connectivity index (χ1n) is 9.09. The van der Waals surface area contributed by atoms with Gasteiger partial charge in [0.2, 0.25) is 0 Å². The number of nitrogens with zero attached hydrogens (tertiary/aromatic N) is 2. The molecule has 0 spiro atoms. The maximum Gasteiger partial charge on any atom is 0.323 e. The van der Waals surface area contributed by atoms with Crippen LogP contribution in [0.2, 0.25) is 0 Å². The molecule has 2 aromatic rings. The van der Waals surface area contributed by atoms with Gasteiger partial charge in [0.1, 0.15) is 11.0 Å². The molecule has 1 aliphatic carbocycles. The van der Waals surface area contributed by atoms with E-state index in [0.29, 0.717) is 12.0 Å². The van der Waals surface area contributed by atoms with Crippen molar-refractivity contribution in [3.05, 3.63) is 41.4 Å². The topological polar surface area (TPSA) is 42.4 Å². The molecule has 2 heterocycles. The summed E-state index contributed by atoms with van der Waals surface area (Å²) in [6.07, 6.45) is 5.91. The van der Waals surface area contributed by atoms with E-state index in [0.717, 1.165) is 29.2 Å². The molecular weight excluding hydrogens is 332 g/mol. The molecule has 2 aliphatic rings. The highest BCUT2D eigenvalue weighted by molar-refractivity contribution is 7.13. The molecule has 132 valence electrons. The van der Waals surface area contributed by atoms with Crippen LogP contribution in [0.5, 0.6) is 0 Å². The fourth-order valence-electron chi connectivity index (χ4n) is 4.43. The number of methoxy groups -OCH3 is 1. The number of benzene rings is 1. The second-order valence-corrected chi connectivity index (χ2v) is 7.93. The zero-order valence-electron chi connectivity index (χ0n) is 14.6. The van der Waals surface area contributed by atoms with Crippen LogP contribution >= 0.6 is 11.3 Å². The van der Waals surface area contributed by atoms with Gasteiger partial charge in [-0.1, -0.05) is 43.2 Å². The highest BCUT2D eigenvalue weighted by Crippen LogP contribution is 2.41. The predicted octanol–water partition coefficient (Wildman–Crippen LogP) is 4.12. The van der Waals surface area contributed by atoms with Crippen molar-refractivity contribution in [2.75, 3.05) is 7.11 Å². The number of likely N-dealkylation sites (tertiary alicyclic amines) is 1. The Bertz CT molecular complexity index is 730. The number of hydrogen-bond donors (Lipinski definition) is 0. The van der Waals surface area contributed by atoms with Gasteiger partial charge in [-0.15, -0.1) is 11.3 Å². The third-order valence-corrected chi connectivity index (χ3v) is 6.55. The molecule has 1 aromatic carbocycles. The van der Waals surface area contributed by atoms with Gasteiger partial charge >= 0.3 is 5.97 Å². The van der Waals surface area contributed by atoms with Gasteiger partial charge in [0.15, 0.2) is 0 Å². The zero-order valence-corrected chi connectivity index (χ0v) is 15.4. The third-order valence-electron chi connectivity index (χ3n) is 5.61. The molecule has 1 aliphatic heterocycles. The fourth-order valence-corrected chi connectivity index (χ4v) is 5.25. The van der Waals surface area contributed by atoms with E-state index in [4.69, 9.17) is 9.72 Å². The first kappa shape index (κ1) is 16.7. The van der Waals surface area contributed by atoms with Crippen molar-refractivity contribution >= 4 is 17.3 Å². The van der Waals surface area contributed by atoms with E-state index in [1.807, 2.05) is 18.2 Å². The van der Waals surface area contributed by atoms with Crippen LogP contribution in [0.1, 0.15) is 37.8 Å². The Hall–Kier alpha value is -1.72. The molecule has 2 fully saturated rings. The Labute approximate surface area is 152 Å². The van der Waals surface area contributed by atoms with Crippen molar-refractivity contribution in [3.63, 3.8) is 0 Å². The van der Waals surface area contributed by atoms with Crippen molar-refractivity contribution in [3.8, 4) is 10.6 Å². The molecule has 4 nitrogen and oxygen atoms in total. The summed E-state index contributed by atoms with van der Waals surface area (Å²) in [5.74, 6) is 0.540. The van der Waals surface area contributed by atoms with Crippen molar-refractivity contribution in [2.24, 2.45) is 5.92 Å². The lowest BCUT2D eigenvalue weighted by Crippen LogP contribution is -2.42. The summed E-state index contributed by atoms with van der Waals surface area (Å²) in [7, 11) is 1.50. The quantitative estimate of drug-likeness (QED) is 0.773. The average Bonchev–Trinajstić information content (AvgIpc) is 3.27. The minimum absolute atomic E-state index is 0.0899. The molecule has 1 saturated heterocycles. The van der Waals surface area contributed by atoms with Gasteiger partial charge in [0, 0.05) is 23.5 Å². The van der Waals surface area contributed by atoms with Crippen LogP contribution in [0, 0.1) is 5.92 Å². The van der Waals surface area contributed by atoms with Crippen molar-refractivity contribution in [2.45, 2.75) is 50.7 Å². The van der Waals surface area contributed by atoms with E-state index >= 15 is 0 Å². The van der Waals surface area contributed by atoms with Gasteiger partial charge in [-0.3, -0.25) is 9.69 Å². The van der Waals surface area contributed by atoms with Crippen LogP contribution in [0.4, 0.5) is 0 Å². The summed E-state index contributed by atoms with van der Waals surface area (Å²) in [6.45, 7) is 0.740. The second-order valence-electron chi connectivity index (χ2n) is 7.07. The maximum atomic E-state index is 12.3. The highest BCUT2D eigenvalue weighted by Gasteiger charge is 2.45. The molecule has 25 heavy (non-hydrogen) atoms. The molecular formula is C20H24N2O2S. The number of rotatable bonds is 4. The summed E-state index contributed by atoms with van der Waals surface area (Å²) in [4.78, 5) is 19.5. The standard InChI is InChI=1S/C20H24N2O2S/c1-24-20(23)18-11-15-9-5-6-10-17(15)22(18)12-16-13-25-19(21-16)14-7-3-2-4-8-14/h2-4,7-8,13,15,17-18H,5-6,9-12H2,1H3. The highest BCUT2D eigenvalue weighted by atomic mass is 32.1. The Morgan fingerprint density at radius 1 is 1.28 bits per heavy atom. The number of aromatic nitrogens is 1. The molecule has 0 N–H and O–H groups in total. The van der Waals surface area contributed by atoms with Gasteiger partial charge in [-0.2, -0.15) is 0 Å². The smallest absolute Gasteiger partial charge is 0.323 e. The van der Waals surface area contributed by atoms with Crippen LogP contribution in [-0.4, -0.2) is 35.0 Å². The summed E-state index contributed by atoms with van der Waals surface area (Å²) < 4.78 is 5.08. The largest absolute Gasteiger partial charge is 0.468 e. The van der Waals surface area contributed by atoms with Crippen LogP contribution in [0.15, 0.2) is 35.7 Å². The molecule has 5 heteroatoms. The molecule has 4 rings (SSSR count). The lowest BCUT2D eigenvalue weighted by molar-refractivity contribution is -0.146. The minimum Gasteiger partial charge on any atom is -0.468 e. The van der Waals surface area contributed by atoms with Gasteiger partial charge in [0.05, 0.1) is 12.8 Å². The van der Waals surface area contributed by atoms with Crippen molar-refractivity contribution < 1.29 is 9.53 Å². The molecule has 1 aromatic heterocycles. The first-order valence-corrected chi connectivity index (χ1v) is 9.97.